The van der Waals surface area contributed by atoms with E-state index in [0.29, 0.717) is 22.8 Å². The van der Waals surface area contributed by atoms with Gasteiger partial charge in [-0.15, -0.1) is 11.3 Å². The number of rotatable bonds is 4. The molecular weight excluding hydrogens is 398 g/mol. The minimum Gasteiger partial charge on any atom is -0.346 e. The first-order chi connectivity index (χ1) is 13.5. The number of carbonyl (C=O) groups is 3. The van der Waals surface area contributed by atoms with Gasteiger partial charge in [0.05, 0.1) is 39.1 Å². The van der Waals surface area contributed by atoms with Crippen LogP contribution in [0.15, 0.2) is 47.8 Å². The first kappa shape index (κ1) is 18.3. The van der Waals surface area contributed by atoms with Gasteiger partial charge in [-0.3, -0.25) is 14.4 Å². The molecule has 0 fully saturated rings. The van der Waals surface area contributed by atoms with E-state index in [4.69, 9.17) is 11.6 Å². The molecule has 0 radical (unpaired) electrons. The molecule has 0 spiro atoms. The molecule has 1 N–H and O–H groups in total. The van der Waals surface area contributed by atoms with Crippen LogP contribution >= 0.6 is 22.9 Å². The molecule has 0 saturated heterocycles. The lowest BCUT2D eigenvalue weighted by Crippen LogP contribution is -2.29. The largest absolute Gasteiger partial charge is 0.346 e. The predicted octanol–water partition coefficient (Wildman–Crippen LogP) is 3.84. The highest BCUT2D eigenvalue weighted by Crippen LogP contribution is 2.33. The van der Waals surface area contributed by atoms with Crippen molar-refractivity contribution >= 4 is 46.3 Å². The summed E-state index contributed by atoms with van der Waals surface area (Å²) in [6.45, 7) is 2.18. The van der Waals surface area contributed by atoms with E-state index in [2.05, 4.69) is 10.3 Å². The van der Waals surface area contributed by atoms with Crippen molar-refractivity contribution in [3.63, 3.8) is 0 Å². The molecule has 0 atom stereocenters. The van der Waals surface area contributed by atoms with Crippen molar-refractivity contribution in [3.8, 4) is 0 Å². The number of para-hydroxylation sites is 1. The predicted molar refractivity (Wildman–Crippen MR) is 107 cm³/mol. The Morgan fingerprint density at radius 2 is 1.89 bits per heavy atom. The highest BCUT2D eigenvalue weighted by Gasteiger charge is 2.38. The van der Waals surface area contributed by atoms with Crippen molar-refractivity contribution in [1.82, 2.24) is 10.3 Å². The Morgan fingerprint density at radius 3 is 2.61 bits per heavy atom. The highest BCUT2D eigenvalue weighted by molar-refractivity contribution is 7.09. The SMILES string of the molecule is Cc1nc(CNC(=O)c2ccc3c(c2)C(=O)N(c2ccccc2Cl)C3=O)cs1. The number of carbonyl (C=O) groups excluding carboxylic acids is 3. The van der Waals surface area contributed by atoms with Gasteiger partial charge in [0.1, 0.15) is 0 Å². The maximum Gasteiger partial charge on any atom is 0.266 e. The summed E-state index contributed by atoms with van der Waals surface area (Å²) in [5.74, 6) is -1.30. The first-order valence-corrected chi connectivity index (χ1v) is 9.68. The van der Waals surface area contributed by atoms with Crippen LogP contribution in [0.2, 0.25) is 5.02 Å². The molecule has 2 heterocycles. The monoisotopic (exact) mass is 411 g/mol. The van der Waals surface area contributed by atoms with Crippen LogP contribution in [0, 0.1) is 6.92 Å². The maximum atomic E-state index is 12.8. The second-order valence-electron chi connectivity index (χ2n) is 6.20. The van der Waals surface area contributed by atoms with Crippen molar-refractivity contribution in [1.29, 1.82) is 0 Å². The molecule has 1 aliphatic heterocycles. The summed E-state index contributed by atoms with van der Waals surface area (Å²) in [6, 6.07) is 11.1. The third-order valence-electron chi connectivity index (χ3n) is 4.34. The quantitative estimate of drug-likeness (QED) is 0.661. The Kier molecular flexibility index (Phi) is 4.70. The van der Waals surface area contributed by atoms with Gasteiger partial charge < -0.3 is 5.32 Å². The number of amides is 3. The average molecular weight is 412 g/mol. The fourth-order valence-electron chi connectivity index (χ4n) is 3.00. The van der Waals surface area contributed by atoms with E-state index < -0.39 is 11.8 Å². The van der Waals surface area contributed by atoms with E-state index >= 15 is 0 Å². The normalized spacial score (nSPS) is 13.0. The minimum absolute atomic E-state index is 0.182. The first-order valence-electron chi connectivity index (χ1n) is 8.42. The number of nitrogens with one attached hydrogen (secondary N) is 1. The maximum absolute atomic E-state index is 12.8. The summed E-state index contributed by atoms with van der Waals surface area (Å²) >= 11 is 7.65. The number of aryl methyl sites for hydroxylation is 1. The van der Waals surface area contributed by atoms with Crippen LogP contribution in [0.4, 0.5) is 5.69 Å². The number of nitrogens with zero attached hydrogens (tertiary/aromatic N) is 2. The number of aromatic nitrogens is 1. The standard InChI is InChI=1S/C20H14ClN3O3S/c1-11-23-13(10-28-11)9-22-18(25)12-6-7-14-15(8-12)20(27)24(19(14)26)17-5-3-2-4-16(17)21/h2-8,10H,9H2,1H3,(H,22,25). The molecule has 8 heteroatoms. The van der Waals surface area contributed by atoms with Gasteiger partial charge in [0.25, 0.3) is 17.7 Å². The minimum atomic E-state index is -0.502. The Morgan fingerprint density at radius 1 is 1.14 bits per heavy atom. The Labute approximate surface area is 169 Å². The lowest BCUT2D eigenvalue weighted by atomic mass is 10.1. The molecule has 0 unspecified atom stereocenters. The number of anilines is 1. The van der Waals surface area contributed by atoms with Crippen LogP contribution in [0.25, 0.3) is 0 Å². The van der Waals surface area contributed by atoms with E-state index in [9.17, 15) is 14.4 Å². The summed E-state index contributed by atoms with van der Waals surface area (Å²) in [5, 5.41) is 5.87. The molecule has 0 aliphatic carbocycles. The number of hydrogen-bond acceptors (Lipinski definition) is 5. The third-order valence-corrected chi connectivity index (χ3v) is 5.48. The molecule has 1 aromatic heterocycles. The average Bonchev–Trinajstić information content (AvgIpc) is 3.21. The number of imide groups is 1. The second kappa shape index (κ2) is 7.18. The fourth-order valence-corrected chi connectivity index (χ4v) is 3.83. The molecule has 3 aromatic rings. The molecule has 28 heavy (non-hydrogen) atoms. The molecule has 2 aromatic carbocycles. The molecule has 0 bridgehead atoms. The van der Waals surface area contributed by atoms with Crippen molar-refractivity contribution in [2.24, 2.45) is 0 Å². The van der Waals surface area contributed by atoms with Crippen molar-refractivity contribution in [2.45, 2.75) is 13.5 Å². The van der Waals surface area contributed by atoms with Gasteiger partial charge >= 0.3 is 0 Å². The van der Waals surface area contributed by atoms with Crippen LogP contribution in [0.1, 0.15) is 41.8 Å². The lowest BCUT2D eigenvalue weighted by molar-refractivity contribution is 0.0923. The van der Waals surface area contributed by atoms with Gasteiger partial charge in [0, 0.05) is 10.9 Å². The molecular formula is C20H14ClN3O3S. The van der Waals surface area contributed by atoms with Crippen molar-refractivity contribution in [2.75, 3.05) is 4.90 Å². The van der Waals surface area contributed by atoms with E-state index in [0.717, 1.165) is 15.6 Å². The van der Waals surface area contributed by atoms with Crippen LogP contribution < -0.4 is 10.2 Å². The van der Waals surface area contributed by atoms with Crippen molar-refractivity contribution in [3.05, 3.63) is 80.3 Å². The summed E-state index contributed by atoms with van der Waals surface area (Å²) in [5.41, 5.74) is 1.82. The highest BCUT2D eigenvalue weighted by atomic mass is 35.5. The van der Waals surface area contributed by atoms with Crippen LogP contribution in [-0.4, -0.2) is 22.7 Å². The summed E-state index contributed by atoms with van der Waals surface area (Å²) in [6.07, 6.45) is 0. The summed E-state index contributed by atoms with van der Waals surface area (Å²) in [4.78, 5) is 43.3. The zero-order chi connectivity index (χ0) is 19.8. The zero-order valence-electron chi connectivity index (χ0n) is 14.7. The molecule has 140 valence electrons. The smallest absolute Gasteiger partial charge is 0.266 e. The Hall–Kier alpha value is -3.03. The molecule has 0 saturated carbocycles. The molecule has 4 rings (SSSR count). The summed E-state index contributed by atoms with van der Waals surface area (Å²) in [7, 11) is 0. The third kappa shape index (κ3) is 3.19. The van der Waals surface area contributed by atoms with Crippen LogP contribution in [0.5, 0.6) is 0 Å². The zero-order valence-corrected chi connectivity index (χ0v) is 16.3. The number of benzene rings is 2. The Bertz CT molecular complexity index is 1130. The van der Waals surface area contributed by atoms with Gasteiger partial charge in [-0.1, -0.05) is 23.7 Å². The molecule has 3 amide bonds. The number of hydrogen-bond donors (Lipinski definition) is 1. The Balaban J connectivity index is 1.58. The topological polar surface area (TPSA) is 79.4 Å². The van der Waals surface area contributed by atoms with Crippen LogP contribution in [-0.2, 0) is 6.54 Å². The second-order valence-corrected chi connectivity index (χ2v) is 7.67. The van der Waals surface area contributed by atoms with E-state index in [1.165, 1.54) is 29.5 Å². The number of halogens is 1. The van der Waals surface area contributed by atoms with Crippen molar-refractivity contribution < 1.29 is 14.4 Å². The van der Waals surface area contributed by atoms with Gasteiger partial charge in [-0.05, 0) is 37.3 Å². The van der Waals surface area contributed by atoms with Crippen LogP contribution in [0.3, 0.4) is 0 Å². The molecule has 1 aliphatic rings. The molecule has 6 nitrogen and oxygen atoms in total. The van der Waals surface area contributed by atoms with Gasteiger partial charge in [0.2, 0.25) is 0 Å². The number of fused-ring (bicyclic) bond motifs is 1. The number of thiazole rings is 1. The summed E-state index contributed by atoms with van der Waals surface area (Å²) < 4.78 is 0. The van der Waals surface area contributed by atoms with Gasteiger partial charge in [-0.2, -0.15) is 0 Å². The van der Waals surface area contributed by atoms with Gasteiger partial charge in [-0.25, -0.2) is 9.88 Å². The fraction of sp³-hybridized carbons (Fsp3) is 0.100. The van der Waals surface area contributed by atoms with Gasteiger partial charge in [0.15, 0.2) is 0 Å². The van der Waals surface area contributed by atoms with E-state index in [-0.39, 0.29) is 17.0 Å². The lowest BCUT2D eigenvalue weighted by Gasteiger charge is -2.15. The van der Waals surface area contributed by atoms with E-state index in [1.54, 1.807) is 24.3 Å². The van der Waals surface area contributed by atoms with E-state index in [1.807, 2.05) is 12.3 Å².